The summed E-state index contributed by atoms with van der Waals surface area (Å²) in [5.41, 5.74) is 2.30. The van der Waals surface area contributed by atoms with Crippen LogP contribution in [0.4, 0.5) is 0 Å². The zero-order valence-corrected chi connectivity index (χ0v) is 13.6. The molecular weight excluding hydrogens is 304 g/mol. The lowest BCUT2D eigenvalue weighted by Gasteiger charge is -2.34. The fourth-order valence-corrected chi connectivity index (χ4v) is 3.14. The Morgan fingerprint density at radius 1 is 1.29 bits per heavy atom. The summed E-state index contributed by atoms with van der Waals surface area (Å²) in [6.07, 6.45) is 8.91. The Kier molecular flexibility index (Phi) is 4.04. The second kappa shape index (κ2) is 6.49. The van der Waals surface area contributed by atoms with Crippen molar-refractivity contribution in [2.75, 3.05) is 6.54 Å². The monoisotopic (exact) mass is 324 g/mol. The third-order valence-corrected chi connectivity index (χ3v) is 4.49. The highest BCUT2D eigenvalue weighted by atomic mass is 16.5. The van der Waals surface area contributed by atoms with E-state index in [1.54, 1.807) is 24.9 Å². The molecule has 1 atom stereocenters. The predicted molar refractivity (Wildman–Crippen MR) is 88.3 cm³/mol. The van der Waals surface area contributed by atoms with E-state index >= 15 is 0 Å². The van der Waals surface area contributed by atoms with Crippen molar-refractivity contribution in [3.05, 3.63) is 66.4 Å². The minimum atomic E-state index is 0.265. The van der Waals surface area contributed by atoms with Gasteiger partial charge in [-0.1, -0.05) is 0 Å². The van der Waals surface area contributed by atoms with Crippen molar-refractivity contribution in [1.29, 1.82) is 0 Å². The van der Waals surface area contributed by atoms with Crippen LogP contribution in [0.15, 0.2) is 53.7 Å². The fourth-order valence-electron chi connectivity index (χ4n) is 3.14. The van der Waals surface area contributed by atoms with Gasteiger partial charge >= 0.3 is 0 Å². The molecule has 0 bridgehead atoms. The van der Waals surface area contributed by atoms with Crippen LogP contribution < -0.4 is 4.74 Å². The average Bonchev–Trinajstić information content (AvgIpc) is 3.26. The molecule has 6 heteroatoms. The molecule has 0 aliphatic carbocycles. The topological polar surface area (TPSA) is 56.3 Å². The molecule has 0 aromatic carbocycles. The molecule has 0 radical (unpaired) electrons. The number of fused-ring (bicyclic) bond motifs is 1. The Morgan fingerprint density at radius 3 is 3.04 bits per heavy atom. The molecule has 0 saturated heterocycles. The summed E-state index contributed by atoms with van der Waals surface area (Å²) in [5, 5.41) is 0. The van der Waals surface area contributed by atoms with Crippen molar-refractivity contribution in [1.82, 2.24) is 19.4 Å². The minimum absolute atomic E-state index is 0.265. The molecule has 0 fully saturated rings. The second-order valence-electron chi connectivity index (χ2n) is 6.01. The van der Waals surface area contributed by atoms with Gasteiger partial charge in [0.1, 0.15) is 18.2 Å². The van der Waals surface area contributed by atoms with Crippen molar-refractivity contribution >= 4 is 0 Å². The largest absolute Gasteiger partial charge is 0.486 e. The molecule has 3 aromatic heterocycles. The highest BCUT2D eigenvalue weighted by molar-refractivity contribution is 5.17. The lowest BCUT2D eigenvalue weighted by atomic mass is 10.2. The van der Waals surface area contributed by atoms with Crippen LogP contribution in [0.5, 0.6) is 5.75 Å². The van der Waals surface area contributed by atoms with E-state index in [2.05, 4.69) is 26.4 Å². The average molecular weight is 324 g/mol. The normalized spacial score (nSPS) is 17.6. The second-order valence-corrected chi connectivity index (χ2v) is 6.01. The third-order valence-electron chi connectivity index (χ3n) is 4.49. The van der Waals surface area contributed by atoms with E-state index < -0.39 is 0 Å². The SMILES string of the molecule is C[C@@H]1c2ncc(COc3cccnc3)n2CCN1Cc1ccoc1. The van der Waals surface area contributed by atoms with Gasteiger partial charge in [-0.25, -0.2) is 4.98 Å². The molecule has 0 unspecified atom stereocenters. The molecular formula is C18H20N4O2. The van der Waals surface area contributed by atoms with Gasteiger partial charge < -0.3 is 13.7 Å². The highest BCUT2D eigenvalue weighted by Crippen LogP contribution is 2.27. The Labute approximate surface area is 140 Å². The molecule has 0 spiro atoms. The van der Waals surface area contributed by atoms with Crippen LogP contribution in [0.3, 0.4) is 0 Å². The molecule has 4 rings (SSSR count). The van der Waals surface area contributed by atoms with E-state index in [9.17, 15) is 0 Å². The van der Waals surface area contributed by atoms with Crippen molar-refractivity contribution in [3.8, 4) is 5.75 Å². The molecule has 6 nitrogen and oxygen atoms in total. The van der Waals surface area contributed by atoms with Crippen LogP contribution in [0.1, 0.15) is 30.0 Å². The maximum absolute atomic E-state index is 5.81. The van der Waals surface area contributed by atoms with E-state index in [1.165, 1.54) is 5.56 Å². The summed E-state index contributed by atoms with van der Waals surface area (Å²) in [7, 11) is 0. The van der Waals surface area contributed by atoms with Crippen molar-refractivity contribution < 1.29 is 9.15 Å². The molecule has 1 aliphatic rings. The van der Waals surface area contributed by atoms with Gasteiger partial charge in [0.25, 0.3) is 0 Å². The molecule has 0 N–H and O–H groups in total. The van der Waals surface area contributed by atoms with Gasteiger partial charge in [0.05, 0.1) is 36.7 Å². The van der Waals surface area contributed by atoms with Crippen LogP contribution in [0, 0.1) is 0 Å². The molecule has 3 aromatic rings. The van der Waals surface area contributed by atoms with Gasteiger partial charge in [-0.05, 0) is 25.1 Å². The first-order chi connectivity index (χ1) is 11.8. The predicted octanol–water partition coefficient (Wildman–Crippen LogP) is 3.03. The number of hydrogen-bond donors (Lipinski definition) is 0. The van der Waals surface area contributed by atoms with Gasteiger partial charge in [-0.3, -0.25) is 9.88 Å². The Balaban J connectivity index is 1.46. The number of rotatable bonds is 5. The summed E-state index contributed by atoms with van der Waals surface area (Å²) in [5.74, 6) is 1.87. The van der Waals surface area contributed by atoms with Crippen molar-refractivity contribution in [3.63, 3.8) is 0 Å². The maximum atomic E-state index is 5.81. The Bertz CT molecular complexity index is 783. The first kappa shape index (κ1) is 15.0. The summed E-state index contributed by atoms with van der Waals surface area (Å²) < 4.78 is 13.3. The molecule has 0 saturated carbocycles. The van der Waals surface area contributed by atoms with E-state index in [4.69, 9.17) is 9.15 Å². The van der Waals surface area contributed by atoms with Crippen LogP contribution in [0.2, 0.25) is 0 Å². The Hall–Kier alpha value is -2.60. The smallest absolute Gasteiger partial charge is 0.138 e. The summed E-state index contributed by atoms with van der Waals surface area (Å²) in [6, 6.07) is 6.06. The van der Waals surface area contributed by atoms with Gasteiger partial charge in [-0.2, -0.15) is 0 Å². The number of hydrogen-bond acceptors (Lipinski definition) is 5. The van der Waals surface area contributed by atoms with Crippen LogP contribution >= 0.6 is 0 Å². The first-order valence-corrected chi connectivity index (χ1v) is 8.13. The third kappa shape index (κ3) is 2.92. The number of imidazole rings is 1. The first-order valence-electron chi connectivity index (χ1n) is 8.13. The van der Waals surface area contributed by atoms with Crippen LogP contribution in [0.25, 0.3) is 0 Å². The standard InChI is InChI=1S/C18H20N4O2/c1-14-18-20-9-16(13-24-17-3-2-5-19-10-17)22(18)7-6-21(14)11-15-4-8-23-12-15/h2-5,8-10,12,14H,6-7,11,13H2,1H3/t14-/m1/s1. The van der Waals surface area contributed by atoms with Crippen LogP contribution in [-0.4, -0.2) is 26.0 Å². The van der Waals surface area contributed by atoms with Crippen molar-refractivity contribution in [2.24, 2.45) is 0 Å². The number of pyridine rings is 1. The highest BCUT2D eigenvalue weighted by Gasteiger charge is 2.27. The quantitative estimate of drug-likeness (QED) is 0.722. The lowest BCUT2D eigenvalue weighted by molar-refractivity contribution is 0.152. The fraction of sp³-hybridized carbons (Fsp3) is 0.333. The molecule has 124 valence electrons. The van der Waals surface area contributed by atoms with Crippen molar-refractivity contribution in [2.45, 2.75) is 32.7 Å². The molecule has 0 amide bonds. The van der Waals surface area contributed by atoms with Gasteiger partial charge in [0, 0.05) is 31.4 Å². The molecule has 1 aliphatic heterocycles. The summed E-state index contributed by atoms with van der Waals surface area (Å²) >= 11 is 0. The zero-order valence-electron chi connectivity index (χ0n) is 13.6. The molecule has 24 heavy (non-hydrogen) atoms. The van der Waals surface area contributed by atoms with E-state index in [1.807, 2.05) is 24.4 Å². The Morgan fingerprint density at radius 2 is 2.25 bits per heavy atom. The van der Waals surface area contributed by atoms with Gasteiger partial charge in [-0.15, -0.1) is 0 Å². The zero-order chi connectivity index (χ0) is 16.4. The maximum Gasteiger partial charge on any atom is 0.138 e. The summed E-state index contributed by atoms with van der Waals surface area (Å²) in [6.45, 7) is 5.49. The minimum Gasteiger partial charge on any atom is -0.486 e. The number of ether oxygens (including phenoxy) is 1. The summed E-state index contributed by atoms with van der Waals surface area (Å²) in [4.78, 5) is 11.1. The number of aromatic nitrogens is 3. The van der Waals surface area contributed by atoms with Crippen LogP contribution in [-0.2, 0) is 19.7 Å². The van der Waals surface area contributed by atoms with E-state index in [-0.39, 0.29) is 6.04 Å². The lowest BCUT2D eigenvalue weighted by Crippen LogP contribution is -2.37. The van der Waals surface area contributed by atoms with Gasteiger partial charge in [0.2, 0.25) is 0 Å². The number of nitrogens with zero attached hydrogens (tertiary/aromatic N) is 4. The van der Waals surface area contributed by atoms with Gasteiger partial charge in [0.15, 0.2) is 0 Å². The number of furan rings is 1. The molecule has 4 heterocycles. The van der Waals surface area contributed by atoms with E-state index in [0.29, 0.717) is 6.61 Å². The van der Waals surface area contributed by atoms with E-state index in [0.717, 1.165) is 36.9 Å².